The molecule has 1 heterocycles. The Balaban J connectivity index is 0.00000121. The lowest BCUT2D eigenvalue weighted by Crippen LogP contribution is -2.37. The molecule has 1 aliphatic heterocycles. The molecule has 3 nitrogen and oxygen atoms in total. The molecule has 0 saturated carbocycles. The Morgan fingerprint density at radius 3 is 2.50 bits per heavy atom. The third-order valence-corrected chi connectivity index (χ3v) is 2.07. The van der Waals surface area contributed by atoms with Crippen LogP contribution in [-0.2, 0) is 9.59 Å². The topological polar surface area (TPSA) is 46.2 Å². The Morgan fingerprint density at radius 1 is 1.33 bits per heavy atom. The van der Waals surface area contributed by atoms with Crippen molar-refractivity contribution in [1.29, 1.82) is 0 Å². The minimum atomic E-state index is -0.369. The van der Waals surface area contributed by atoms with E-state index in [1.807, 2.05) is 13.8 Å². The number of nitrogens with one attached hydrogen (secondary N) is 1. The van der Waals surface area contributed by atoms with Gasteiger partial charge < -0.3 is 0 Å². The van der Waals surface area contributed by atoms with Crippen molar-refractivity contribution in [3.63, 3.8) is 0 Å². The fraction of sp³-hybridized carbons (Fsp3) is 0.750. The Kier molecular flexibility index (Phi) is 3.71. The molecule has 0 atom stereocenters. The van der Waals surface area contributed by atoms with Crippen molar-refractivity contribution in [3.05, 3.63) is 0 Å². The van der Waals surface area contributed by atoms with E-state index in [4.69, 9.17) is 0 Å². The summed E-state index contributed by atoms with van der Waals surface area (Å²) in [6.07, 6.45) is 2.09. The molecule has 12 heavy (non-hydrogen) atoms. The largest absolute Gasteiger partial charge is 0.296 e. The first kappa shape index (κ1) is 11.4. The lowest BCUT2D eigenvalue weighted by Gasteiger charge is -2.18. The van der Waals surface area contributed by atoms with E-state index in [-0.39, 0.29) is 29.6 Å². The van der Waals surface area contributed by atoms with E-state index in [0.717, 1.165) is 12.8 Å². The Morgan fingerprint density at radius 2 is 1.92 bits per heavy atom. The maximum atomic E-state index is 11.2. The number of carbonyl (C=O) groups excluding carboxylic acids is 2. The molecule has 1 fully saturated rings. The lowest BCUT2D eigenvalue weighted by atomic mass is 9.87. The highest BCUT2D eigenvalue weighted by molar-refractivity contribution is 5.98. The van der Waals surface area contributed by atoms with E-state index in [2.05, 4.69) is 5.32 Å². The maximum absolute atomic E-state index is 11.2. The van der Waals surface area contributed by atoms with E-state index in [9.17, 15) is 9.59 Å². The molecule has 0 spiro atoms. The summed E-state index contributed by atoms with van der Waals surface area (Å²) < 4.78 is 0. The first-order valence-electron chi connectivity index (χ1n) is 3.87. The average Bonchev–Trinajstić information content (AvgIpc) is 1.94. The molecule has 0 bridgehead atoms. The zero-order valence-corrected chi connectivity index (χ0v) is 8.16. The summed E-state index contributed by atoms with van der Waals surface area (Å²) in [6.45, 7) is 3.72. The number of hydrogen-bond acceptors (Lipinski definition) is 2. The minimum Gasteiger partial charge on any atom is -0.296 e. The van der Waals surface area contributed by atoms with Gasteiger partial charge in [0.15, 0.2) is 0 Å². The quantitative estimate of drug-likeness (QED) is 0.586. The van der Waals surface area contributed by atoms with E-state index in [1.54, 1.807) is 0 Å². The van der Waals surface area contributed by atoms with Crippen LogP contribution in [0.2, 0.25) is 0 Å². The van der Waals surface area contributed by atoms with Crippen LogP contribution < -0.4 is 5.32 Å². The molecule has 2 amide bonds. The van der Waals surface area contributed by atoms with Crippen LogP contribution in [0.1, 0.15) is 33.1 Å². The highest BCUT2D eigenvalue weighted by Gasteiger charge is 2.31. The standard InChI is InChI=1S/C8H13NO2.ClH/c1-8(2)5-3-4-6(10)9-7(8)11;/h3-5H2,1-2H3,(H,9,10,11);1H. The first-order chi connectivity index (χ1) is 5.02. The molecular weight excluding hydrogens is 178 g/mol. The van der Waals surface area contributed by atoms with Gasteiger partial charge in [-0.1, -0.05) is 13.8 Å². The summed E-state index contributed by atoms with van der Waals surface area (Å²) >= 11 is 0. The van der Waals surface area contributed by atoms with Gasteiger partial charge >= 0.3 is 0 Å². The number of amides is 2. The van der Waals surface area contributed by atoms with Crippen LogP contribution in [0.4, 0.5) is 0 Å². The van der Waals surface area contributed by atoms with Crippen LogP contribution in [0.15, 0.2) is 0 Å². The van der Waals surface area contributed by atoms with Gasteiger partial charge in [-0.2, -0.15) is 0 Å². The summed E-state index contributed by atoms with van der Waals surface area (Å²) in [5.74, 6) is -0.277. The van der Waals surface area contributed by atoms with Crippen LogP contribution in [0.25, 0.3) is 0 Å². The van der Waals surface area contributed by atoms with E-state index in [1.165, 1.54) is 0 Å². The second-order valence-corrected chi connectivity index (χ2v) is 3.61. The van der Waals surface area contributed by atoms with Gasteiger partial charge in [-0.25, -0.2) is 0 Å². The van der Waals surface area contributed by atoms with Crippen molar-refractivity contribution in [3.8, 4) is 0 Å². The van der Waals surface area contributed by atoms with Crippen molar-refractivity contribution < 1.29 is 9.59 Å². The number of halogens is 1. The highest BCUT2D eigenvalue weighted by Crippen LogP contribution is 2.25. The fourth-order valence-corrected chi connectivity index (χ4v) is 1.16. The van der Waals surface area contributed by atoms with Crippen molar-refractivity contribution in [2.75, 3.05) is 0 Å². The molecule has 0 aromatic heterocycles. The zero-order chi connectivity index (χ0) is 8.48. The number of hydrogen-bond donors (Lipinski definition) is 1. The minimum absolute atomic E-state index is 0. The Hall–Kier alpha value is -0.570. The van der Waals surface area contributed by atoms with Gasteiger partial charge in [-0.15, -0.1) is 12.4 Å². The molecule has 0 unspecified atom stereocenters. The van der Waals surface area contributed by atoms with Gasteiger partial charge in [0.25, 0.3) is 0 Å². The second-order valence-electron chi connectivity index (χ2n) is 3.61. The molecular formula is C8H14ClNO2. The Bertz CT molecular complexity index is 201. The first-order valence-corrected chi connectivity index (χ1v) is 3.87. The molecule has 1 rings (SSSR count). The highest BCUT2D eigenvalue weighted by atomic mass is 35.5. The van der Waals surface area contributed by atoms with Crippen LogP contribution in [0.5, 0.6) is 0 Å². The molecule has 0 aliphatic carbocycles. The summed E-state index contributed by atoms with van der Waals surface area (Å²) in [5.41, 5.74) is -0.369. The smallest absolute Gasteiger partial charge is 0.232 e. The molecule has 0 radical (unpaired) electrons. The normalized spacial score (nSPS) is 22.2. The van der Waals surface area contributed by atoms with Gasteiger partial charge in [0.1, 0.15) is 0 Å². The lowest BCUT2D eigenvalue weighted by molar-refractivity contribution is -0.134. The van der Waals surface area contributed by atoms with Gasteiger partial charge in [-0.3, -0.25) is 14.9 Å². The molecule has 1 aliphatic rings. The second kappa shape index (κ2) is 3.90. The number of imide groups is 1. The molecule has 1 N–H and O–H groups in total. The summed E-state index contributed by atoms with van der Waals surface area (Å²) in [7, 11) is 0. The zero-order valence-electron chi connectivity index (χ0n) is 7.35. The van der Waals surface area contributed by atoms with E-state index < -0.39 is 0 Å². The van der Waals surface area contributed by atoms with Gasteiger partial charge in [0.05, 0.1) is 0 Å². The van der Waals surface area contributed by atoms with Crippen LogP contribution in [-0.4, -0.2) is 11.8 Å². The maximum Gasteiger partial charge on any atom is 0.232 e. The molecule has 4 heteroatoms. The van der Waals surface area contributed by atoms with Crippen molar-refractivity contribution in [2.45, 2.75) is 33.1 Å². The summed E-state index contributed by atoms with van der Waals surface area (Å²) in [4.78, 5) is 22.1. The van der Waals surface area contributed by atoms with Crippen molar-refractivity contribution >= 4 is 24.2 Å². The predicted molar refractivity (Wildman–Crippen MR) is 48.0 cm³/mol. The summed E-state index contributed by atoms with van der Waals surface area (Å²) in [6, 6.07) is 0. The fourth-order valence-electron chi connectivity index (χ4n) is 1.16. The third-order valence-electron chi connectivity index (χ3n) is 2.07. The third kappa shape index (κ3) is 2.48. The molecule has 0 aromatic carbocycles. The van der Waals surface area contributed by atoms with Gasteiger partial charge in [0.2, 0.25) is 11.8 Å². The predicted octanol–water partition coefficient (Wildman–Crippen LogP) is 1.26. The van der Waals surface area contributed by atoms with Crippen LogP contribution in [0.3, 0.4) is 0 Å². The van der Waals surface area contributed by atoms with Crippen molar-refractivity contribution in [2.24, 2.45) is 5.41 Å². The number of rotatable bonds is 0. The molecule has 0 aromatic rings. The van der Waals surface area contributed by atoms with Crippen LogP contribution >= 0.6 is 12.4 Å². The van der Waals surface area contributed by atoms with Gasteiger partial charge in [-0.05, 0) is 12.8 Å². The van der Waals surface area contributed by atoms with E-state index >= 15 is 0 Å². The van der Waals surface area contributed by atoms with Crippen molar-refractivity contribution in [1.82, 2.24) is 5.32 Å². The molecule has 1 saturated heterocycles. The SMILES string of the molecule is CC1(C)CCCC(=O)NC1=O.Cl. The number of carbonyl (C=O) groups is 2. The van der Waals surface area contributed by atoms with E-state index in [0.29, 0.717) is 6.42 Å². The van der Waals surface area contributed by atoms with Crippen LogP contribution in [0, 0.1) is 5.41 Å². The molecule has 70 valence electrons. The van der Waals surface area contributed by atoms with Gasteiger partial charge in [0, 0.05) is 11.8 Å². The Labute approximate surface area is 78.3 Å². The average molecular weight is 192 g/mol. The summed E-state index contributed by atoms with van der Waals surface area (Å²) in [5, 5.41) is 2.35. The monoisotopic (exact) mass is 191 g/mol.